The first-order valence-electron chi connectivity index (χ1n) is 19.8. The number of fused-ring (bicyclic) bond motifs is 6. The van der Waals surface area contributed by atoms with Gasteiger partial charge in [-0.3, -0.25) is 0 Å². The molecule has 0 unspecified atom stereocenters. The molecular formula is C54H37N3S2. The van der Waals surface area contributed by atoms with Crippen LogP contribution in [0.25, 0.3) is 40.3 Å². The molecule has 59 heavy (non-hydrogen) atoms. The van der Waals surface area contributed by atoms with Crippen molar-refractivity contribution in [3.8, 4) is 0 Å². The van der Waals surface area contributed by atoms with Crippen LogP contribution >= 0.6 is 22.7 Å². The van der Waals surface area contributed by atoms with Gasteiger partial charge in [0.2, 0.25) is 0 Å². The zero-order valence-electron chi connectivity index (χ0n) is 32.0. The molecule has 9 aromatic carbocycles. The molecule has 0 bridgehead atoms. The van der Waals surface area contributed by atoms with Gasteiger partial charge in [0.15, 0.2) is 0 Å². The topological polar surface area (TPSA) is 9.72 Å². The molecular weight excluding hydrogens is 755 g/mol. The van der Waals surface area contributed by atoms with Crippen LogP contribution in [0.3, 0.4) is 0 Å². The molecule has 0 aliphatic carbocycles. The van der Waals surface area contributed by atoms with Gasteiger partial charge in [-0.2, -0.15) is 0 Å². The zero-order valence-corrected chi connectivity index (χ0v) is 33.7. The lowest BCUT2D eigenvalue weighted by Crippen LogP contribution is -2.13. The van der Waals surface area contributed by atoms with Crippen LogP contribution in [0.5, 0.6) is 0 Å². The molecule has 0 spiro atoms. The summed E-state index contributed by atoms with van der Waals surface area (Å²) in [6.45, 7) is 0. The minimum atomic E-state index is 1.09. The van der Waals surface area contributed by atoms with Crippen LogP contribution < -0.4 is 14.7 Å². The van der Waals surface area contributed by atoms with Crippen LogP contribution in [0.4, 0.5) is 51.2 Å². The Morgan fingerprint density at radius 3 is 1.25 bits per heavy atom. The molecule has 0 amide bonds. The third kappa shape index (κ3) is 6.29. The van der Waals surface area contributed by atoms with Gasteiger partial charge in [-0.1, -0.05) is 115 Å². The smallest absolute Gasteiger partial charge is 0.0575 e. The summed E-state index contributed by atoms with van der Waals surface area (Å²) in [5, 5.41) is 4.99. The van der Waals surface area contributed by atoms with Crippen LogP contribution in [-0.4, -0.2) is 0 Å². The van der Waals surface area contributed by atoms with Gasteiger partial charge in [-0.15, -0.1) is 22.7 Å². The average molecular weight is 792 g/mol. The standard InChI is InChI=1S/C54H37N3S2/c1-6-19-38(20-7-1)55(39-21-8-2-9-22-39)44-36-48(56(40-23-10-3-11-24-40)41-25-12-4-13-26-41)54-46-35-43(33-34-50(46)59-52(54)37-44)57(42-27-14-5-15-28-42)47-30-18-32-51-53(47)45-29-16-17-31-49(45)58-51/h1-37H. The lowest BCUT2D eigenvalue weighted by Gasteiger charge is -2.30. The number of rotatable bonds is 9. The molecule has 3 nitrogen and oxygen atoms in total. The minimum Gasteiger partial charge on any atom is -0.310 e. The maximum atomic E-state index is 2.44. The van der Waals surface area contributed by atoms with Crippen molar-refractivity contribution < 1.29 is 0 Å². The zero-order chi connectivity index (χ0) is 39.1. The fourth-order valence-electron chi connectivity index (χ4n) is 8.43. The first kappa shape index (κ1) is 35.0. The van der Waals surface area contributed by atoms with Crippen molar-refractivity contribution in [2.45, 2.75) is 0 Å². The van der Waals surface area contributed by atoms with Crippen molar-refractivity contribution in [1.82, 2.24) is 0 Å². The van der Waals surface area contributed by atoms with Crippen molar-refractivity contribution in [3.05, 3.63) is 224 Å². The molecule has 0 radical (unpaired) electrons. The van der Waals surface area contributed by atoms with Crippen molar-refractivity contribution >= 4 is 114 Å². The molecule has 0 atom stereocenters. The summed E-state index contributed by atoms with van der Waals surface area (Å²) in [7, 11) is 0. The molecule has 0 fully saturated rings. The van der Waals surface area contributed by atoms with Crippen LogP contribution in [-0.2, 0) is 0 Å². The minimum absolute atomic E-state index is 1.09. The summed E-state index contributed by atoms with van der Waals surface area (Å²) in [6.07, 6.45) is 0. The lowest BCUT2D eigenvalue weighted by molar-refractivity contribution is 1.26. The highest BCUT2D eigenvalue weighted by atomic mass is 32.1. The van der Waals surface area contributed by atoms with Crippen LogP contribution in [0.1, 0.15) is 0 Å². The van der Waals surface area contributed by atoms with E-state index < -0.39 is 0 Å². The molecule has 280 valence electrons. The van der Waals surface area contributed by atoms with Gasteiger partial charge in [0.05, 0.1) is 11.4 Å². The predicted octanol–water partition coefficient (Wildman–Crippen LogP) is 16.8. The first-order valence-corrected chi connectivity index (χ1v) is 21.5. The van der Waals surface area contributed by atoms with Crippen LogP contribution in [0, 0.1) is 0 Å². The average Bonchev–Trinajstić information content (AvgIpc) is 3.87. The van der Waals surface area contributed by atoms with Gasteiger partial charge in [0.25, 0.3) is 0 Å². The highest BCUT2D eigenvalue weighted by Gasteiger charge is 2.24. The van der Waals surface area contributed by atoms with E-state index in [1.807, 2.05) is 22.7 Å². The van der Waals surface area contributed by atoms with E-state index in [9.17, 15) is 0 Å². The summed E-state index contributed by atoms with van der Waals surface area (Å²) in [4.78, 5) is 7.24. The number of anilines is 9. The summed E-state index contributed by atoms with van der Waals surface area (Å²) in [5.74, 6) is 0. The highest BCUT2D eigenvalue weighted by Crippen LogP contribution is 2.51. The summed E-state index contributed by atoms with van der Waals surface area (Å²) >= 11 is 3.71. The normalized spacial score (nSPS) is 11.4. The van der Waals surface area contributed by atoms with Crippen LogP contribution in [0.15, 0.2) is 224 Å². The number of para-hydroxylation sites is 5. The predicted molar refractivity (Wildman–Crippen MR) is 256 cm³/mol. The molecule has 0 saturated carbocycles. The Labute approximate surface area is 351 Å². The van der Waals surface area contributed by atoms with Crippen molar-refractivity contribution in [3.63, 3.8) is 0 Å². The van der Waals surface area contributed by atoms with Gasteiger partial charge in [0, 0.05) is 80.2 Å². The second-order valence-corrected chi connectivity index (χ2v) is 16.7. The fourth-order valence-corrected chi connectivity index (χ4v) is 10.7. The number of nitrogens with zero attached hydrogens (tertiary/aromatic N) is 3. The molecule has 0 aliphatic heterocycles. The molecule has 0 aliphatic rings. The van der Waals surface area contributed by atoms with E-state index in [2.05, 4.69) is 239 Å². The number of hydrogen-bond acceptors (Lipinski definition) is 5. The Hall–Kier alpha value is -7.18. The second-order valence-electron chi connectivity index (χ2n) is 14.6. The summed E-state index contributed by atoms with van der Waals surface area (Å²) < 4.78 is 5.03. The van der Waals surface area contributed by atoms with Crippen LogP contribution in [0.2, 0.25) is 0 Å². The Morgan fingerprint density at radius 2 is 0.678 bits per heavy atom. The SMILES string of the molecule is c1ccc(N(c2ccccc2)c2cc(N(c3ccccc3)c3ccccc3)c3c(c2)sc2ccc(N(c4ccccc4)c4cccc5sc6ccccc6c45)cc23)cc1. The number of hydrogen-bond donors (Lipinski definition) is 0. The number of benzene rings is 9. The molecule has 2 aromatic heterocycles. The Kier molecular flexibility index (Phi) is 8.88. The van der Waals surface area contributed by atoms with E-state index in [0.29, 0.717) is 0 Å². The Bertz CT molecular complexity index is 3140. The second kappa shape index (κ2) is 15.0. The van der Waals surface area contributed by atoms with Gasteiger partial charge >= 0.3 is 0 Å². The third-order valence-electron chi connectivity index (χ3n) is 11.0. The summed E-state index contributed by atoms with van der Waals surface area (Å²) in [5.41, 5.74) is 10.0. The van der Waals surface area contributed by atoms with Gasteiger partial charge in [-0.05, 0) is 109 Å². The number of thiophene rings is 2. The van der Waals surface area contributed by atoms with E-state index in [1.54, 1.807) is 0 Å². The van der Waals surface area contributed by atoms with Gasteiger partial charge in [-0.25, -0.2) is 0 Å². The molecule has 11 aromatic rings. The molecule has 11 rings (SSSR count). The lowest BCUT2D eigenvalue weighted by atomic mass is 10.0. The molecule has 0 N–H and O–H groups in total. The van der Waals surface area contributed by atoms with E-state index in [-0.39, 0.29) is 0 Å². The maximum Gasteiger partial charge on any atom is 0.0575 e. The van der Waals surface area contributed by atoms with Gasteiger partial charge in [0.1, 0.15) is 0 Å². The fraction of sp³-hybridized carbons (Fsp3) is 0. The van der Waals surface area contributed by atoms with E-state index in [0.717, 1.165) is 45.5 Å². The highest BCUT2D eigenvalue weighted by molar-refractivity contribution is 7.26. The molecule has 2 heterocycles. The Balaban J connectivity index is 1.21. The van der Waals surface area contributed by atoms with Crippen molar-refractivity contribution in [2.75, 3.05) is 14.7 Å². The maximum absolute atomic E-state index is 2.44. The van der Waals surface area contributed by atoms with Crippen molar-refractivity contribution in [1.29, 1.82) is 0 Å². The largest absolute Gasteiger partial charge is 0.310 e. The van der Waals surface area contributed by atoms with Crippen molar-refractivity contribution in [2.24, 2.45) is 0 Å². The Morgan fingerprint density at radius 1 is 0.237 bits per heavy atom. The quantitative estimate of drug-likeness (QED) is 0.144. The molecule has 5 heteroatoms. The third-order valence-corrected chi connectivity index (χ3v) is 13.2. The first-order chi connectivity index (χ1) is 29.3. The van der Waals surface area contributed by atoms with E-state index in [4.69, 9.17) is 0 Å². The van der Waals surface area contributed by atoms with E-state index in [1.165, 1.54) is 46.0 Å². The van der Waals surface area contributed by atoms with E-state index >= 15 is 0 Å². The monoisotopic (exact) mass is 791 g/mol. The van der Waals surface area contributed by atoms with Gasteiger partial charge < -0.3 is 14.7 Å². The summed E-state index contributed by atoms with van der Waals surface area (Å²) in [6, 6.07) is 81.0. The molecule has 0 saturated heterocycles.